The number of allylic oxidation sites excluding steroid dienone is 9. The second kappa shape index (κ2) is 6.21. The van der Waals surface area contributed by atoms with Gasteiger partial charge in [-0.2, -0.15) is 0 Å². The molecule has 0 amide bonds. The van der Waals surface area contributed by atoms with Crippen LogP contribution in [0.25, 0.3) is 5.57 Å². The zero-order chi connectivity index (χ0) is 14.5. The Kier molecular flexibility index (Phi) is 4.37. The molecule has 0 spiro atoms. The van der Waals surface area contributed by atoms with E-state index >= 15 is 0 Å². The van der Waals surface area contributed by atoms with Crippen LogP contribution in [0.2, 0.25) is 0 Å². The molecule has 1 aliphatic carbocycles. The summed E-state index contributed by atoms with van der Waals surface area (Å²) in [5.41, 5.74) is 7.14. The average Bonchev–Trinajstić information content (AvgIpc) is 2.78. The standard InChI is InChI=1S/C20H20/c1-5-15(3)11-12-17(6-2)14-20-16(4)13-18-9-7-8-10-19(18)20/h5-12,14H,1,3-4,13H2,2H3/b12-11-,17-6-,20-14+. The first-order valence-corrected chi connectivity index (χ1v) is 6.79. The van der Waals surface area contributed by atoms with Crippen molar-refractivity contribution in [1.82, 2.24) is 0 Å². The molecule has 0 nitrogen and oxygen atoms in total. The van der Waals surface area contributed by atoms with Gasteiger partial charge >= 0.3 is 0 Å². The van der Waals surface area contributed by atoms with Crippen molar-refractivity contribution in [1.29, 1.82) is 0 Å². The molecule has 0 radical (unpaired) electrons. The van der Waals surface area contributed by atoms with Gasteiger partial charge in [-0.15, -0.1) is 0 Å². The highest BCUT2D eigenvalue weighted by Crippen LogP contribution is 2.36. The Morgan fingerprint density at radius 1 is 1.20 bits per heavy atom. The molecule has 100 valence electrons. The van der Waals surface area contributed by atoms with E-state index in [1.807, 2.05) is 13.0 Å². The van der Waals surface area contributed by atoms with E-state index in [9.17, 15) is 0 Å². The molecule has 0 fully saturated rings. The summed E-state index contributed by atoms with van der Waals surface area (Å²) in [5.74, 6) is 0. The molecule has 0 bridgehead atoms. The van der Waals surface area contributed by atoms with E-state index in [2.05, 4.69) is 62.2 Å². The van der Waals surface area contributed by atoms with Crippen LogP contribution in [0.3, 0.4) is 0 Å². The largest absolute Gasteiger partial charge is 0.0985 e. The molecule has 0 N–H and O–H groups in total. The van der Waals surface area contributed by atoms with Crippen molar-refractivity contribution < 1.29 is 0 Å². The number of rotatable bonds is 4. The summed E-state index contributed by atoms with van der Waals surface area (Å²) in [5, 5.41) is 0. The number of hydrogen-bond acceptors (Lipinski definition) is 0. The second-order valence-electron chi connectivity index (χ2n) is 4.90. The van der Waals surface area contributed by atoms with Gasteiger partial charge in [0.15, 0.2) is 0 Å². The summed E-state index contributed by atoms with van der Waals surface area (Å²) in [6.45, 7) is 13.8. The van der Waals surface area contributed by atoms with Crippen LogP contribution in [0.15, 0.2) is 91.1 Å². The molecule has 0 aliphatic heterocycles. The molecule has 1 aromatic carbocycles. The van der Waals surface area contributed by atoms with Gasteiger partial charge in [0.1, 0.15) is 0 Å². The van der Waals surface area contributed by atoms with Crippen LogP contribution in [0.4, 0.5) is 0 Å². The smallest absolute Gasteiger partial charge is 0.00193 e. The first-order chi connectivity index (χ1) is 9.65. The van der Waals surface area contributed by atoms with E-state index < -0.39 is 0 Å². The Hall–Kier alpha value is -2.34. The summed E-state index contributed by atoms with van der Waals surface area (Å²) < 4.78 is 0. The maximum absolute atomic E-state index is 4.20. The summed E-state index contributed by atoms with van der Waals surface area (Å²) in [6.07, 6.45) is 11.0. The minimum atomic E-state index is 0.911. The van der Waals surface area contributed by atoms with Crippen molar-refractivity contribution in [3.8, 4) is 0 Å². The maximum atomic E-state index is 4.20. The zero-order valence-electron chi connectivity index (χ0n) is 12.0. The Bertz CT molecular complexity index is 648. The van der Waals surface area contributed by atoms with E-state index in [4.69, 9.17) is 0 Å². The molecule has 1 aromatic rings. The molecule has 0 unspecified atom stereocenters. The van der Waals surface area contributed by atoms with Gasteiger partial charge in [0.2, 0.25) is 0 Å². The van der Waals surface area contributed by atoms with Crippen LogP contribution in [0, 0.1) is 0 Å². The lowest BCUT2D eigenvalue weighted by atomic mass is 10.0. The Morgan fingerprint density at radius 3 is 2.65 bits per heavy atom. The van der Waals surface area contributed by atoms with Gasteiger partial charge in [-0.3, -0.25) is 0 Å². The first kappa shape index (κ1) is 14.1. The van der Waals surface area contributed by atoms with Crippen molar-refractivity contribution in [3.05, 3.63) is 102 Å². The molecule has 0 heteroatoms. The molecular formula is C20H20. The van der Waals surface area contributed by atoms with Gasteiger partial charge in [-0.1, -0.05) is 68.3 Å². The third kappa shape index (κ3) is 2.97. The van der Waals surface area contributed by atoms with Crippen molar-refractivity contribution in [2.24, 2.45) is 0 Å². The molecule has 20 heavy (non-hydrogen) atoms. The van der Waals surface area contributed by atoms with Crippen molar-refractivity contribution >= 4 is 5.57 Å². The quantitative estimate of drug-likeness (QED) is 0.633. The summed E-state index contributed by atoms with van der Waals surface area (Å²) >= 11 is 0. The lowest BCUT2D eigenvalue weighted by molar-refractivity contribution is 1.28. The third-order valence-corrected chi connectivity index (χ3v) is 3.49. The van der Waals surface area contributed by atoms with Gasteiger partial charge in [0.25, 0.3) is 0 Å². The van der Waals surface area contributed by atoms with Gasteiger partial charge in [0.05, 0.1) is 0 Å². The van der Waals surface area contributed by atoms with Crippen LogP contribution < -0.4 is 0 Å². The van der Waals surface area contributed by atoms with E-state index in [0.29, 0.717) is 0 Å². The maximum Gasteiger partial charge on any atom is -0.00193 e. The predicted octanol–water partition coefficient (Wildman–Crippen LogP) is 5.43. The van der Waals surface area contributed by atoms with Gasteiger partial charge in [-0.05, 0) is 52.8 Å². The fraction of sp³-hybridized carbons (Fsp3) is 0.100. The highest BCUT2D eigenvalue weighted by molar-refractivity contribution is 5.87. The molecule has 0 saturated carbocycles. The predicted molar refractivity (Wildman–Crippen MR) is 89.5 cm³/mol. The molecule has 0 atom stereocenters. The lowest BCUT2D eigenvalue weighted by Gasteiger charge is -2.03. The summed E-state index contributed by atoms with van der Waals surface area (Å²) in [7, 11) is 0. The molecule has 2 rings (SSSR count). The van der Waals surface area contributed by atoms with Gasteiger partial charge < -0.3 is 0 Å². The minimum Gasteiger partial charge on any atom is -0.0985 e. The highest BCUT2D eigenvalue weighted by Gasteiger charge is 2.18. The highest BCUT2D eigenvalue weighted by atomic mass is 14.2. The number of benzene rings is 1. The Morgan fingerprint density at radius 2 is 1.95 bits per heavy atom. The molecule has 0 aromatic heterocycles. The third-order valence-electron chi connectivity index (χ3n) is 3.49. The minimum absolute atomic E-state index is 0.911. The summed E-state index contributed by atoms with van der Waals surface area (Å²) in [6, 6.07) is 8.50. The van der Waals surface area contributed by atoms with Crippen LogP contribution in [-0.4, -0.2) is 0 Å². The van der Waals surface area contributed by atoms with Crippen molar-refractivity contribution in [3.63, 3.8) is 0 Å². The Balaban J connectivity index is 2.34. The number of hydrogen-bond donors (Lipinski definition) is 0. The van der Waals surface area contributed by atoms with Crippen LogP contribution in [0.1, 0.15) is 18.1 Å². The summed E-state index contributed by atoms with van der Waals surface area (Å²) in [4.78, 5) is 0. The lowest BCUT2D eigenvalue weighted by Crippen LogP contribution is -1.82. The fourth-order valence-corrected chi connectivity index (χ4v) is 2.30. The molecular weight excluding hydrogens is 240 g/mol. The van der Waals surface area contributed by atoms with Crippen molar-refractivity contribution in [2.45, 2.75) is 13.3 Å². The van der Waals surface area contributed by atoms with E-state index in [0.717, 1.165) is 17.6 Å². The first-order valence-electron chi connectivity index (χ1n) is 6.79. The normalized spacial score (nSPS) is 16.8. The molecule has 1 aliphatic rings. The fourth-order valence-electron chi connectivity index (χ4n) is 2.30. The van der Waals surface area contributed by atoms with Crippen LogP contribution in [0.5, 0.6) is 0 Å². The SMILES string of the molecule is C=CC(=C)\C=C/C(=C/C)/C=C1\C(=C)Cc2ccccc21. The molecule has 0 saturated heterocycles. The van der Waals surface area contributed by atoms with Gasteiger partial charge in [0, 0.05) is 0 Å². The average molecular weight is 260 g/mol. The zero-order valence-corrected chi connectivity index (χ0v) is 12.0. The Labute approximate surface area is 121 Å². The van der Waals surface area contributed by atoms with Crippen LogP contribution >= 0.6 is 0 Å². The van der Waals surface area contributed by atoms with Crippen LogP contribution in [-0.2, 0) is 6.42 Å². The van der Waals surface area contributed by atoms with Gasteiger partial charge in [-0.25, -0.2) is 0 Å². The monoisotopic (exact) mass is 260 g/mol. The van der Waals surface area contributed by atoms with E-state index in [1.54, 1.807) is 6.08 Å². The topological polar surface area (TPSA) is 0 Å². The van der Waals surface area contributed by atoms with Crippen molar-refractivity contribution in [2.75, 3.05) is 0 Å². The second-order valence-corrected chi connectivity index (χ2v) is 4.90. The number of fused-ring (bicyclic) bond motifs is 1. The van der Waals surface area contributed by atoms with E-state index in [-0.39, 0.29) is 0 Å². The van der Waals surface area contributed by atoms with E-state index in [1.165, 1.54) is 22.3 Å². The molecule has 0 heterocycles.